The molecule has 3 heterocycles. The standard InChI is InChI=1S/C58H39NO8S2/c1-32(22-51(60)66-30-34-13-5-3-6-14-34)44-23-36-25-46-49(26-37(36)24-45(44)56-33(2)21-38(68-56)27-47-52(61)40-17-9-10-18-41(40)53(47)62)59(58(65)67-31-35-15-7-4-8-16-35)50-29-39(69-57(46)50)28-48-54(63)42-19-11-12-20-43(42)55(48)64/h3-21,23-29,36-37H,1,22,30-31H2,2H3. The molecule has 0 saturated carbocycles. The molecule has 0 radical (unpaired) electrons. The minimum Gasteiger partial charge on any atom is -0.461 e. The third-order valence-electron chi connectivity index (χ3n) is 12.8. The molecule has 3 aromatic heterocycles. The molecule has 9 nitrogen and oxygen atoms in total. The first-order chi connectivity index (χ1) is 33.5. The van der Waals surface area contributed by atoms with Crippen LogP contribution in [0.4, 0.5) is 4.79 Å². The van der Waals surface area contributed by atoms with Gasteiger partial charge in [0.25, 0.3) is 0 Å². The Labute approximate surface area is 403 Å². The van der Waals surface area contributed by atoms with Crippen LogP contribution in [0.25, 0.3) is 40.1 Å². The molecule has 0 fully saturated rings. The molecule has 4 aliphatic rings. The molecule has 0 saturated heterocycles. The second-order valence-corrected chi connectivity index (χ2v) is 19.5. The van der Waals surface area contributed by atoms with Crippen molar-refractivity contribution in [1.82, 2.24) is 4.57 Å². The van der Waals surface area contributed by atoms with Crippen LogP contribution < -0.4 is 10.6 Å². The van der Waals surface area contributed by atoms with Gasteiger partial charge in [0.1, 0.15) is 13.2 Å². The second-order valence-electron chi connectivity index (χ2n) is 17.3. The number of aryl methyl sites for hydroxylation is 1. The van der Waals surface area contributed by atoms with Gasteiger partial charge < -0.3 is 9.47 Å². The van der Waals surface area contributed by atoms with Gasteiger partial charge in [0.15, 0.2) is 23.1 Å². The number of fused-ring (bicyclic) bond motifs is 6. The molecule has 69 heavy (non-hydrogen) atoms. The Hall–Kier alpha value is -8.12. The Morgan fingerprint density at radius 2 is 1.13 bits per heavy atom. The van der Waals surface area contributed by atoms with Gasteiger partial charge in [-0.15, -0.1) is 22.7 Å². The number of carbonyl (C=O) groups excluding carboxylic acids is 6. The molecule has 0 bridgehead atoms. The lowest BCUT2D eigenvalue weighted by molar-refractivity contribution is -0.144. The van der Waals surface area contributed by atoms with Crippen LogP contribution in [-0.4, -0.2) is 39.8 Å². The average molecular weight is 942 g/mol. The third-order valence-corrected chi connectivity index (χ3v) is 15.2. The van der Waals surface area contributed by atoms with Crippen LogP contribution in [0.1, 0.15) is 79.2 Å². The Bertz CT molecular complexity index is 3610. The van der Waals surface area contributed by atoms with Crippen molar-refractivity contribution in [1.29, 1.82) is 0 Å². The van der Waals surface area contributed by atoms with Gasteiger partial charge in [0.2, 0.25) is 0 Å². The first kappa shape index (κ1) is 43.5. The van der Waals surface area contributed by atoms with E-state index >= 15 is 0 Å². The zero-order valence-corrected chi connectivity index (χ0v) is 38.7. The number of Topliss-reactive ketones (excluding diaryl/α,β-unsaturated/α-hetero) is 4. The summed E-state index contributed by atoms with van der Waals surface area (Å²) in [7, 11) is 0. The maximum atomic E-state index is 14.4. The van der Waals surface area contributed by atoms with Gasteiger partial charge in [-0.2, -0.15) is 0 Å². The molecule has 0 spiro atoms. The van der Waals surface area contributed by atoms with Crippen LogP contribution >= 0.6 is 22.7 Å². The van der Waals surface area contributed by atoms with E-state index in [9.17, 15) is 28.8 Å². The lowest BCUT2D eigenvalue weighted by Gasteiger charge is -2.28. The molecular formula is C58H39NO8S2. The number of hydrogen-bond acceptors (Lipinski definition) is 10. The van der Waals surface area contributed by atoms with Crippen molar-refractivity contribution in [3.63, 3.8) is 0 Å². The summed E-state index contributed by atoms with van der Waals surface area (Å²) in [4.78, 5) is 83.8. The van der Waals surface area contributed by atoms with Crippen molar-refractivity contribution in [2.24, 2.45) is 11.8 Å². The number of nitrogens with zero attached hydrogens (tertiary/aromatic N) is 1. The maximum absolute atomic E-state index is 14.4. The van der Waals surface area contributed by atoms with Gasteiger partial charge >= 0.3 is 12.1 Å². The number of rotatable bonds is 10. The number of carbonyl (C=O) groups is 6. The molecule has 7 aromatic rings. The number of hydrogen-bond donors (Lipinski definition) is 0. The molecule has 2 atom stereocenters. The highest BCUT2D eigenvalue weighted by molar-refractivity contribution is 7.19. The van der Waals surface area contributed by atoms with E-state index in [0.29, 0.717) is 43.6 Å². The summed E-state index contributed by atoms with van der Waals surface area (Å²) in [5.41, 5.74) is 6.94. The van der Waals surface area contributed by atoms with Gasteiger partial charge in [-0.3, -0.25) is 24.0 Å². The predicted molar refractivity (Wildman–Crippen MR) is 268 cm³/mol. The zero-order valence-electron chi connectivity index (χ0n) is 37.0. The van der Waals surface area contributed by atoms with E-state index in [1.165, 1.54) is 22.7 Å². The first-order valence-electron chi connectivity index (χ1n) is 22.3. The molecule has 336 valence electrons. The monoisotopic (exact) mass is 941 g/mol. The van der Waals surface area contributed by atoms with E-state index in [0.717, 1.165) is 47.5 Å². The van der Waals surface area contributed by atoms with E-state index in [1.807, 2.05) is 79.7 Å². The lowest BCUT2D eigenvalue weighted by atomic mass is 9.77. The first-order valence-corrected chi connectivity index (χ1v) is 24.0. The highest BCUT2D eigenvalue weighted by Gasteiger charge is 2.35. The van der Waals surface area contributed by atoms with E-state index in [4.69, 9.17) is 9.47 Å². The summed E-state index contributed by atoms with van der Waals surface area (Å²) < 4.78 is 14.0. The fourth-order valence-electron chi connectivity index (χ4n) is 9.48. The quantitative estimate of drug-likeness (QED) is 0.0754. The second kappa shape index (κ2) is 17.5. The largest absolute Gasteiger partial charge is 0.461 e. The summed E-state index contributed by atoms with van der Waals surface area (Å²) in [6.07, 6.45) is 11.0. The summed E-state index contributed by atoms with van der Waals surface area (Å²) in [5, 5.41) is 1.43. The Morgan fingerprint density at radius 3 is 1.70 bits per heavy atom. The summed E-state index contributed by atoms with van der Waals surface area (Å²) >= 11 is 2.81. The van der Waals surface area contributed by atoms with Gasteiger partial charge in [-0.05, 0) is 64.6 Å². The van der Waals surface area contributed by atoms with Crippen LogP contribution in [0.3, 0.4) is 0 Å². The molecule has 0 amide bonds. The van der Waals surface area contributed by atoms with E-state index in [2.05, 4.69) is 30.9 Å². The van der Waals surface area contributed by atoms with Crippen molar-refractivity contribution >= 4 is 98.0 Å². The van der Waals surface area contributed by atoms with Crippen LogP contribution in [-0.2, 0) is 27.5 Å². The Morgan fingerprint density at radius 1 is 0.623 bits per heavy atom. The number of benzene rings is 4. The molecule has 2 unspecified atom stereocenters. The molecule has 4 aromatic carbocycles. The van der Waals surface area contributed by atoms with Crippen molar-refractivity contribution in [3.05, 3.63) is 226 Å². The van der Waals surface area contributed by atoms with Gasteiger partial charge in [0, 0.05) is 53.9 Å². The Kier molecular flexibility index (Phi) is 11.0. The summed E-state index contributed by atoms with van der Waals surface area (Å²) in [5.74, 6) is -2.27. The topological polar surface area (TPSA) is 126 Å². The third kappa shape index (κ3) is 7.85. The van der Waals surface area contributed by atoms with Crippen molar-refractivity contribution in [2.45, 2.75) is 26.6 Å². The number of ketones is 4. The smallest absolute Gasteiger partial charge is 0.419 e. The normalized spacial score (nSPS) is 16.7. The van der Waals surface area contributed by atoms with E-state index in [1.54, 1.807) is 65.3 Å². The minimum absolute atomic E-state index is 0.0394. The molecule has 11 rings (SSSR count). The highest BCUT2D eigenvalue weighted by atomic mass is 32.1. The van der Waals surface area contributed by atoms with Gasteiger partial charge in [-0.1, -0.05) is 140 Å². The van der Waals surface area contributed by atoms with Crippen molar-refractivity contribution in [2.75, 3.05) is 0 Å². The molecule has 11 heteroatoms. The zero-order chi connectivity index (χ0) is 47.5. The fourth-order valence-corrected chi connectivity index (χ4v) is 11.8. The van der Waals surface area contributed by atoms with Crippen molar-refractivity contribution < 1.29 is 38.2 Å². The lowest BCUT2D eigenvalue weighted by Crippen LogP contribution is -2.38. The fraction of sp³-hybridized carbons (Fsp3) is 0.103. The number of ether oxygens (including phenoxy) is 2. The number of allylic oxidation sites excluding steroid dienone is 6. The SMILES string of the molecule is C=C(CC(=O)OCc1ccccc1)C1=CC2C=c3c(n(C(=O)OCc4ccccc4)c4cc(C=C5C(=O)c6ccccc6C5=O)sc34)=CC2C=C1c1sc(C=C2C(=O)c3ccccc3C2=O)cc1C. The molecule has 0 aliphatic heterocycles. The van der Waals surface area contributed by atoms with Crippen LogP contribution in [0.2, 0.25) is 0 Å². The number of esters is 1. The maximum Gasteiger partial charge on any atom is 0.419 e. The Balaban J connectivity index is 1.01. The molecule has 0 N–H and O–H groups in total. The minimum atomic E-state index is -0.589. The van der Waals surface area contributed by atoms with Crippen molar-refractivity contribution in [3.8, 4) is 0 Å². The van der Waals surface area contributed by atoms with E-state index in [-0.39, 0.29) is 65.7 Å². The summed E-state index contributed by atoms with van der Waals surface area (Å²) in [6, 6.07) is 36.2. The van der Waals surface area contributed by atoms with Gasteiger partial charge in [-0.25, -0.2) is 9.36 Å². The number of thiophene rings is 2. The average Bonchev–Trinajstić information content (AvgIpc) is 4.14. The van der Waals surface area contributed by atoms with Crippen LogP contribution in [0.15, 0.2) is 162 Å². The highest BCUT2D eigenvalue weighted by Crippen LogP contribution is 2.44. The molecular weight excluding hydrogens is 903 g/mol. The van der Waals surface area contributed by atoms with Crippen LogP contribution in [0, 0.1) is 18.8 Å². The molecule has 4 aliphatic carbocycles. The van der Waals surface area contributed by atoms with Gasteiger partial charge in [0.05, 0.1) is 33.1 Å². The number of aromatic nitrogens is 1. The summed E-state index contributed by atoms with van der Waals surface area (Å²) in [6.45, 7) is 6.56. The van der Waals surface area contributed by atoms with Crippen LogP contribution in [0.5, 0.6) is 0 Å². The predicted octanol–water partition coefficient (Wildman–Crippen LogP) is 10.7. The van der Waals surface area contributed by atoms with E-state index < -0.39 is 12.1 Å².